The van der Waals surface area contributed by atoms with E-state index in [9.17, 15) is 19.5 Å². The maximum absolute atomic E-state index is 13.4. The summed E-state index contributed by atoms with van der Waals surface area (Å²) in [5, 5.41) is 13.6. The third kappa shape index (κ3) is 3.50. The normalized spacial score (nSPS) is 15.7. The standard InChI is InChI=1S/C23H26N6O4/c1-4-5-13-28-17-18(25-21(28)27-14-11-24-12-15-27)29(22(33)26(3)19(17)30)23(2,20(31)32)16-9-7-6-8-10-16/h6-10,24H,11-15H2,1-3H3,(H,31,32). The highest BCUT2D eigenvalue weighted by Crippen LogP contribution is 2.29. The van der Waals surface area contributed by atoms with E-state index in [1.807, 2.05) is 4.90 Å². The number of carboxylic acids is 1. The van der Waals surface area contributed by atoms with Crippen LogP contribution in [0.2, 0.25) is 0 Å². The summed E-state index contributed by atoms with van der Waals surface area (Å²) in [6, 6.07) is 8.48. The largest absolute Gasteiger partial charge is 0.479 e. The minimum absolute atomic E-state index is 0.0308. The van der Waals surface area contributed by atoms with Gasteiger partial charge in [0.15, 0.2) is 16.7 Å². The van der Waals surface area contributed by atoms with Gasteiger partial charge in [-0.2, -0.15) is 4.98 Å². The van der Waals surface area contributed by atoms with Crippen LogP contribution in [0.15, 0.2) is 39.9 Å². The number of carbonyl (C=O) groups is 1. The van der Waals surface area contributed by atoms with E-state index in [4.69, 9.17) is 4.98 Å². The van der Waals surface area contributed by atoms with Gasteiger partial charge in [0, 0.05) is 33.2 Å². The first-order valence-electron chi connectivity index (χ1n) is 10.7. The van der Waals surface area contributed by atoms with Crippen LogP contribution in [0.5, 0.6) is 0 Å². The molecule has 0 amide bonds. The first kappa shape index (κ1) is 22.4. The Balaban J connectivity index is 2.14. The van der Waals surface area contributed by atoms with Gasteiger partial charge in [0.25, 0.3) is 5.56 Å². The number of anilines is 1. The van der Waals surface area contributed by atoms with Gasteiger partial charge in [-0.15, -0.1) is 5.92 Å². The lowest BCUT2D eigenvalue weighted by atomic mass is 9.91. The third-order valence-electron chi connectivity index (χ3n) is 6.14. The number of nitrogens with zero attached hydrogens (tertiary/aromatic N) is 5. The molecule has 10 nitrogen and oxygen atoms in total. The van der Waals surface area contributed by atoms with E-state index in [1.165, 1.54) is 14.0 Å². The second-order valence-electron chi connectivity index (χ2n) is 8.06. The number of fused-ring (bicyclic) bond motifs is 1. The van der Waals surface area contributed by atoms with Crippen LogP contribution in [0, 0.1) is 11.8 Å². The molecule has 1 saturated heterocycles. The number of benzene rings is 1. The Hall–Kier alpha value is -3.84. The molecule has 33 heavy (non-hydrogen) atoms. The van der Waals surface area contributed by atoms with Gasteiger partial charge in [0.2, 0.25) is 5.95 Å². The lowest BCUT2D eigenvalue weighted by Gasteiger charge is -2.28. The number of aliphatic carboxylic acids is 1. The molecule has 3 heterocycles. The van der Waals surface area contributed by atoms with Crippen LogP contribution in [-0.4, -0.2) is 55.9 Å². The minimum Gasteiger partial charge on any atom is -0.479 e. The Labute approximate surface area is 190 Å². The van der Waals surface area contributed by atoms with Crippen LogP contribution in [0.1, 0.15) is 19.4 Å². The summed E-state index contributed by atoms with van der Waals surface area (Å²) in [6.07, 6.45) is 0. The fraction of sp³-hybridized carbons (Fsp3) is 0.391. The van der Waals surface area contributed by atoms with Gasteiger partial charge >= 0.3 is 11.7 Å². The molecule has 1 unspecified atom stereocenters. The summed E-state index contributed by atoms with van der Waals surface area (Å²) in [5.41, 5.74) is -2.51. The fourth-order valence-corrected chi connectivity index (χ4v) is 4.21. The zero-order chi connectivity index (χ0) is 23.8. The van der Waals surface area contributed by atoms with Crippen molar-refractivity contribution in [3.05, 3.63) is 56.7 Å². The molecule has 172 valence electrons. The summed E-state index contributed by atoms with van der Waals surface area (Å²) in [5.74, 6) is 5.07. The van der Waals surface area contributed by atoms with E-state index in [1.54, 1.807) is 41.8 Å². The molecule has 1 aromatic carbocycles. The Morgan fingerprint density at radius 2 is 1.88 bits per heavy atom. The number of hydrogen-bond donors (Lipinski definition) is 2. The van der Waals surface area contributed by atoms with Gasteiger partial charge in [-0.05, 0) is 19.4 Å². The average Bonchev–Trinajstić information content (AvgIpc) is 3.21. The third-order valence-corrected chi connectivity index (χ3v) is 6.14. The number of rotatable bonds is 5. The van der Waals surface area contributed by atoms with E-state index in [-0.39, 0.29) is 17.7 Å². The molecule has 1 aliphatic heterocycles. The van der Waals surface area contributed by atoms with Crippen molar-refractivity contribution in [2.45, 2.75) is 25.9 Å². The Bertz CT molecular complexity index is 1390. The number of imidazole rings is 1. The van der Waals surface area contributed by atoms with Crippen LogP contribution in [0.3, 0.4) is 0 Å². The fourth-order valence-electron chi connectivity index (χ4n) is 4.21. The van der Waals surface area contributed by atoms with E-state index in [0.29, 0.717) is 24.6 Å². The van der Waals surface area contributed by atoms with Crippen molar-refractivity contribution < 1.29 is 9.90 Å². The number of nitrogens with one attached hydrogen (secondary N) is 1. The lowest BCUT2D eigenvalue weighted by molar-refractivity contribution is -0.144. The summed E-state index contributed by atoms with van der Waals surface area (Å²) < 4.78 is 3.73. The molecule has 0 aliphatic carbocycles. The molecule has 0 saturated carbocycles. The molecule has 1 fully saturated rings. The molecule has 0 bridgehead atoms. The van der Waals surface area contributed by atoms with Gasteiger partial charge in [0.05, 0.1) is 6.54 Å². The average molecular weight is 450 g/mol. The van der Waals surface area contributed by atoms with Gasteiger partial charge in [0.1, 0.15) is 0 Å². The van der Waals surface area contributed by atoms with Crippen LogP contribution < -0.4 is 21.5 Å². The first-order chi connectivity index (χ1) is 15.8. The van der Waals surface area contributed by atoms with E-state index in [2.05, 4.69) is 17.2 Å². The topological polar surface area (TPSA) is 114 Å². The Kier molecular flexibility index (Phi) is 5.82. The summed E-state index contributed by atoms with van der Waals surface area (Å²) >= 11 is 0. The summed E-state index contributed by atoms with van der Waals surface area (Å²) in [7, 11) is 1.35. The van der Waals surface area contributed by atoms with Gasteiger partial charge in [-0.25, -0.2) is 9.59 Å². The molecular weight excluding hydrogens is 424 g/mol. The molecule has 0 spiro atoms. The van der Waals surface area contributed by atoms with Crippen molar-refractivity contribution in [3.63, 3.8) is 0 Å². The molecule has 2 N–H and O–H groups in total. The molecule has 4 rings (SSSR count). The monoisotopic (exact) mass is 450 g/mol. The van der Waals surface area contributed by atoms with Crippen molar-refractivity contribution in [1.29, 1.82) is 0 Å². The smallest absolute Gasteiger partial charge is 0.334 e. The lowest BCUT2D eigenvalue weighted by Crippen LogP contribution is -2.51. The molecular formula is C23H26N6O4. The van der Waals surface area contributed by atoms with Gasteiger partial charge in [-0.1, -0.05) is 36.3 Å². The number of carboxylic acid groups (broad SMARTS) is 1. The number of piperazine rings is 1. The van der Waals surface area contributed by atoms with Gasteiger partial charge < -0.3 is 15.3 Å². The second kappa shape index (κ2) is 8.60. The molecule has 0 radical (unpaired) electrons. The van der Waals surface area contributed by atoms with E-state index < -0.39 is 22.8 Å². The zero-order valence-corrected chi connectivity index (χ0v) is 18.8. The molecule has 1 atom stereocenters. The van der Waals surface area contributed by atoms with Crippen molar-refractivity contribution >= 4 is 23.1 Å². The van der Waals surface area contributed by atoms with Crippen molar-refractivity contribution in [3.8, 4) is 11.8 Å². The summed E-state index contributed by atoms with van der Waals surface area (Å²) in [6.45, 7) is 6.13. The maximum Gasteiger partial charge on any atom is 0.334 e. The minimum atomic E-state index is -1.79. The second-order valence-corrected chi connectivity index (χ2v) is 8.06. The molecule has 1 aliphatic rings. The predicted molar refractivity (Wildman–Crippen MR) is 125 cm³/mol. The molecule has 10 heteroatoms. The number of hydrogen-bond acceptors (Lipinski definition) is 6. The van der Waals surface area contributed by atoms with Gasteiger partial charge in [-0.3, -0.25) is 18.5 Å². The molecule has 3 aromatic rings. The maximum atomic E-state index is 13.4. The van der Waals surface area contributed by atoms with Crippen molar-refractivity contribution in [2.24, 2.45) is 7.05 Å². The SMILES string of the molecule is CC#CCn1c(N2CCNCC2)nc2c1c(=O)n(C)c(=O)n2C(C)(C(=O)O)c1ccccc1. The Morgan fingerprint density at radius 1 is 1.21 bits per heavy atom. The van der Waals surface area contributed by atoms with Crippen LogP contribution in [0.4, 0.5) is 5.95 Å². The highest BCUT2D eigenvalue weighted by Gasteiger charge is 2.41. The highest BCUT2D eigenvalue weighted by atomic mass is 16.4. The van der Waals surface area contributed by atoms with E-state index >= 15 is 0 Å². The highest BCUT2D eigenvalue weighted by molar-refractivity contribution is 5.84. The molecule has 2 aromatic heterocycles. The number of aromatic nitrogens is 4. The zero-order valence-electron chi connectivity index (χ0n) is 18.8. The van der Waals surface area contributed by atoms with Crippen molar-refractivity contribution in [1.82, 2.24) is 24.0 Å². The summed E-state index contributed by atoms with van der Waals surface area (Å²) in [4.78, 5) is 46.1. The van der Waals surface area contributed by atoms with Crippen molar-refractivity contribution in [2.75, 3.05) is 31.1 Å². The first-order valence-corrected chi connectivity index (χ1v) is 10.7. The quantitative estimate of drug-likeness (QED) is 0.533. The predicted octanol–water partition coefficient (Wildman–Crippen LogP) is 0.178. The van der Waals surface area contributed by atoms with Crippen LogP contribution in [-0.2, 0) is 23.9 Å². The van der Waals surface area contributed by atoms with Crippen LogP contribution >= 0.6 is 0 Å². The van der Waals surface area contributed by atoms with Crippen LogP contribution in [0.25, 0.3) is 11.2 Å². The Morgan fingerprint density at radius 3 is 2.48 bits per heavy atom. The van der Waals surface area contributed by atoms with E-state index in [0.717, 1.165) is 22.2 Å².